The van der Waals surface area contributed by atoms with Crippen molar-refractivity contribution in [3.63, 3.8) is 0 Å². The molecule has 0 saturated heterocycles. The van der Waals surface area contributed by atoms with Gasteiger partial charge in [-0.1, -0.05) is 0 Å². The third-order valence-electron chi connectivity index (χ3n) is 4.75. The maximum absolute atomic E-state index is 5.92. The molecule has 0 unspecified atom stereocenters. The number of aryl methyl sites for hydroxylation is 1. The number of hydrogen-bond donors (Lipinski definition) is 1. The lowest BCUT2D eigenvalue weighted by molar-refractivity contribution is 0.180. The van der Waals surface area contributed by atoms with Crippen LogP contribution >= 0.6 is 0 Å². The minimum atomic E-state index is 0.268. The van der Waals surface area contributed by atoms with Crippen LogP contribution in [0.25, 0.3) is 11.1 Å². The van der Waals surface area contributed by atoms with E-state index < -0.39 is 0 Å². The molecule has 0 bridgehead atoms. The molecule has 2 heterocycles. The Morgan fingerprint density at radius 3 is 2.92 bits per heavy atom. The van der Waals surface area contributed by atoms with E-state index in [9.17, 15) is 0 Å². The number of rotatable bonds is 7. The molecule has 2 N–H and O–H groups in total. The Hall–Kier alpha value is -2.45. The fourth-order valence-electron chi connectivity index (χ4n) is 3.31. The number of benzene rings is 1. The van der Waals surface area contributed by atoms with Crippen LogP contribution in [-0.2, 0) is 17.9 Å². The van der Waals surface area contributed by atoms with Gasteiger partial charge in [0.1, 0.15) is 23.7 Å². The number of nitrogens with zero attached hydrogens (tertiary/aromatic N) is 4. The van der Waals surface area contributed by atoms with Crippen LogP contribution in [0.4, 0.5) is 0 Å². The molecule has 8 nitrogen and oxygen atoms in total. The number of aromatic nitrogens is 4. The first-order chi connectivity index (χ1) is 12.6. The molecule has 1 aliphatic carbocycles. The molecule has 4 rings (SSSR count). The van der Waals surface area contributed by atoms with Crippen LogP contribution in [0.2, 0.25) is 0 Å². The van der Waals surface area contributed by atoms with E-state index in [0.717, 1.165) is 30.0 Å². The summed E-state index contributed by atoms with van der Waals surface area (Å²) in [6.45, 7) is 3.45. The second-order valence-corrected chi connectivity index (χ2v) is 6.70. The number of nitrogens with two attached hydrogens (primary N) is 1. The molecule has 0 amide bonds. The van der Waals surface area contributed by atoms with Crippen LogP contribution in [0, 0.1) is 6.92 Å². The third-order valence-corrected chi connectivity index (χ3v) is 4.75. The Bertz CT molecular complexity index is 898. The molecule has 26 heavy (non-hydrogen) atoms. The van der Waals surface area contributed by atoms with Crippen molar-refractivity contribution in [3.8, 4) is 5.75 Å². The highest BCUT2D eigenvalue weighted by atomic mass is 16.5. The molecule has 1 saturated carbocycles. The van der Waals surface area contributed by atoms with Gasteiger partial charge >= 0.3 is 0 Å². The lowest BCUT2D eigenvalue weighted by Gasteiger charge is -2.31. The van der Waals surface area contributed by atoms with Gasteiger partial charge in [0.2, 0.25) is 0 Å². The smallest absolute Gasteiger partial charge is 0.192 e. The zero-order valence-electron chi connectivity index (χ0n) is 15.0. The molecule has 138 valence electrons. The minimum absolute atomic E-state index is 0.268. The van der Waals surface area contributed by atoms with E-state index >= 15 is 0 Å². The summed E-state index contributed by atoms with van der Waals surface area (Å²) in [5, 5.41) is 8.72. The van der Waals surface area contributed by atoms with Crippen LogP contribution in [0.1, 0.15) is 36.3 Å². The standard InChI is InChI=1S/C18H23N5O3/c1-11-20-15-4-3-14(9-16(15)26-11)25-10-17-21-22-18(12-7-13(19)8-12)23(17)5-6-24-2/h3-4,9,12-13H,5-8,10,19H2,1-2H3. The van der Waals surface area contributed by atoms with Crippen molar-refractivity contribution < 1.29 is 13.9 Å². The number of methoxy groups -OCH3 is 1. The van der Waals surface area contributed by atoms with E-state index in [1.165, 1.54) is 0 Å². The summed E-state index contributed by atoms with van der Waals surface area (Å²) in [5.74, 6) is 3.48. The van der Waals surface area contributed by atoms with E-state index in [-0.39, 0.29) is 6.04 Å². The minimum Gasteiger partial charge on any atom is -0.485 e. The summed E-state index contributed by atoms with van der Waals surface area (Å²) in [7, 11) is 1.69. The Morgan fingerprint density at radius 1 is 1.31 bits per heavy atom. The second-order valence-electron chi connectivity index (χ2n) is 6.70. The topological polar surface area (TPSA) is 101 Å². The molecule has 0 atom stereocenters. The van der Waals surface area contributed by atoms with Crippen molar-refractivity contribution in [2.45, 2.75) is 44.9 Å². The Labute approximate surface area is 151 Å². The molecule has 1 fully saturated rings. The van der Waals surface area contributed by atoms with Crippen molar-refractivity contribution in [3.05, 3.63) is 35.7 Å². The maximum Gasteiger partial charge on any atom is 0.192 e. The Kier molecular flexibility index (Phi) is 4.60. The van der Waals surface area contributed by atoms with Crippen molar-refractivity contribution in [1.82, 2.24) is 19.7 Å². The first kappa shape index (κ1) is 17.0. The fraction of sp³-hybridized carbons (Fsp3) is 0.500. The zero-order chi connectivity index (χ0) is 18.1. The number of hydrogen-bond acceptors (Lipinski definition) is 7. The average molecular weight is 357 g/mol. The SMILES string of the molecule is COCCn1c(COc2ccc3nc(C)oc3c2)nnc1C1CC(N)C1. The molecule has 0 radical (unpaired) electrons. The van der Waals surface area contributed by atoms with Gasteiger partial charge in [0.25, 0.3) is 0 Å². The summed E-state index contributed by atoms with van der Waals surface area (Å²) >= 11 is 0. The normalized spacial score (nSPS) is 19.7. The van der Waals surface area contributed by atoms with Crippen molar-refractivity contribution >= 4 is 11.1 Å². The van der Waals surface area contributed by atoms with Crippen LogP contribution in [0.5, 0.6) is 5.75 Å². The summed E-state index contributed by atoms with van der Waals surface area (Å²) in [4.78, 5) is 4.29. The first-order valence-corrected chi connectivity index (χ1v) is 8.80. The molecular formula is C18H23N5O3. The predicted octanol–water partition coefficient (Wildman–Crippen LogP) is 2.16. The average Bonchev–Trinajstić information content (AvgIpc) is 3.16. The van der Waals surface area contributed by atoms with Gasteiger partial charge in [-0.15, -0.1) is 10.2 Å². The predicted molar refractivity (Wildman–Crippen MR) is 94.9 cm³/mol. The number of oxazole rings is 1. The fourth-order valence-corrected chi connectivity index (χ4v) is 3.31. The van der Waals surface area contributed by atoms with Gasteiger partial charge < -0.3 is 24.2 Å². The van der Waals surface area contributed by atoms with Gasteiger partial charge in [-0.05, 0) is 25.0 Å². The van der Waals surface area contributed by atoms with Gasteiger partial charge in [0.15, 0.2) is 17.3 Å². The van der Waals surface area contributed by atoms with Crippen LogP contribution in [0.3, 0.4) is 0 Å². The lowest BCUT2D eigenvalue weighted by atomic mass is 9.80. The quantitative estimate of drug-likeness (QED) is 0.691. The van der Waals surface area contributed by atoms with Gasteiger partial charge in [0, 0.05) is 38.6 Å². The van der Waals surface area contributed by atoms with Gasteiger partial charge in [-0.2, -0.15) is 0 Å². The van der Waals surface area contributed by atoms with E-state index in [1.807, 2.05) is 25.1 Å². The zero-order valence-corrected chi connectivity index (χ0v) is 15.0. The Morgan fingerprint density at radius 2 is 2.15 bits per heavy atom. The van der Waals surface area contributed by atoms with E-state index in [4.69, 9.17) is 19.6 Å². The first-order valence-electron chi connectivity index (χ1n) is 8.80. The van der Waals surface area contributed by atoms with Crippen molar-refractivity contribution in [2.24, 2.45) is 5.73 Å². The number of ether oxygens (including phenoxy) is 2. The summed E-state index contributed by atoms with van der Waals surface area (Å²) in [6, 6.07) is 5.88. The molecule has 2 aromatic heterocycles. The molecule has 0 aliphatic heterocycles. The molecule has 8 heteroatoms. The maximum atomic E-state index is 5.92. The van der Waals surface area contributed by atoms with Crippen LogP contribution in [-0.4, -0.2) is 39.5 Å². The highest BCUT2D eigenvalue weighted by molar-refractivity contribution is 5.74. The van der Waals surface area contributed by atoms with Crippen LogP contribution < -0.4 is 10.5 Å². The van der Waals surface area contributed by atoms with Gasteiger partial charge in [-0.25, -0.2) is 4.98 Å². The van der Waals surface area contributed by atoms with Crippen molar-refractivity contribution in [1.29, 1.82) is 0 Å². The number of fused-ring (bicyclic) bond motifs is 1. The van der Waals surface area contributed by atoms with Crippen LogP contribution in [0.15, 0.2) is 22.6 Å². The monoisotopic (exact) mass is 357 g/mol. The highest BCUT2D eigenvalue weighted by Crippen LogP contribution is 2.35. The molecular weight excluding hydrogens is 334 g/mol. The van der Waals surface area contributed by atoms with E-state index in [2.05, 4.69) is 19.7 Å². The second kappa shape index (κ2) is 7.05. The third kappa shape index (κ3) is 3.30. The molecule has 3 aromatic rings. The Balaban J connectivity index is 1.50. The molecule has 0 spiro atoms. The summed E-state index contributed by atoms with van der Waals surface area (Å²) in [6.07, 6.45) is 1.90. The summed E-state index contributed by atoms with van der Waals surface area (Å²) < 4.78 is 18.8. The van der Waals surface area contributed by atoms with E-state index in [1.54, 1.807) is 7.11 Å². The largest absolute Gasteiger partial charge is 0.485 e. The van der Waals surface area contributed by atoms with Gasteiger partial charge in [-0.3, -0.25) is 0 Å². The highest BCUT2D eigenvalue weighted by Gasteiger charge is 2.32. The van der Waals surface area contributed by atoms with E-state index in [0.29, 0.717) is 42.9 Å². The van der Waals surface area contributed by atoms with Crippen molar-refractivity contribution in [2.75, 3.05) is 13.7 Å². The molecule has 1 aromatic carbocycles. The summed E-state index contributed by atoms with van der Waals surface area (Å²) in [5.41, 5.74) is 7.46. The lowest BCUT2D eigenvalue weighted by Crippen LogP contribution is -2.36. The van der Waals surface area contributed by atoms with Gasteiger partial charge in [0.05, 0.1) is 6.61 Å². The molecule has 1 aliphatic rings.